The Hall–Kier alpha value is -2.28. The Morgan fingerprint density at radius 2 is 2.16 bits per heavy atom. The first-order valence-corrected chi connectivity index (χ1v) is 8.46. The fraction of sp³-hybridized carbons (Fsp3) is 0.368. The molecule has 2 heterocycles. The van der Waals surface area contributed by atoms with Crippen molar-refractivity contribution in [3.8, 4) is 0 Å². The number of carbonyl (C=O) groups excluding carboxylic acids is 1. The maximum absolute atomic E-state index is 12.3. The summed E-state index contributed by atoms with van der Waals surface area (Å²) in [4.78, 5) is 18.6. The fourth-order valence-corrected chi connectivity index (χ4v) is 2.97. The summed E-state index contributed by atoms with van der Waals surface area (Å²) >= 11 is 0. The van der Waals surface area contributed by atoms with Crippen LogP contribution in [0.3, 0.4) is 0 Å². The molecule has 1 atom stereocenters. The third-order valence-corrected chi connectivity index (χ3v) is 4.24. The van der Waals surface area contributed by atoms with Crippen molar-refractivity contribution in [2.24, 2.45) is 0 Å². The van der Waals surface area contributed by atoms with Crippen molar-refractivity contribution in [1.29, 1.82) is 0 Å². The number of pyridine rings is 1. The molecule has 1 aromatic carbocycles. The van der Waals surface area contributed by atoms with Crippen molar-refractivity contribution in [3.05, 3.63) is 59.9 Å². The predicted octanol–water partition coefficient (Wildman–Crippen LogP) is 1.80. The molecular weight excluding hydrogens is 318 g/mol. The summed E-state index contributed by atoms with van der Waals surface area (Å²) in [5, 5.41) is 12.1. The molecule has 0 aliphatic carbocycles. The van der Waals surface area contributed by atoms with E-state index in [1.807, 2.05) is 18.2 Å². The van der Waals surface area contributed by atoms with Gasteiger partial charge in [-0.3, -0.25) is 14.7 Å². The van der Waals surface area contributed by atoms with E-state index in [-0.39, 0.29) is 25.0 Å². The first-order chi connectivity index (χ1) is 12.2. The maximum Gasteiger partial charge on any atom is 0.227 e. The molecule has 1 amide bonds. The van der Waals surface area contributed by atoms with Gasteiger partial charge >= 0.3 is 0 Å². The van der Waals surface area contributed by atoms with Crippen molar-refractivity contribution in [1.82, 2.24) is 9.88 Å². The maximum atomic E-state index is 12.3. The van der Waals surface area contributed by atoms with Crippen LogP contribution in [0.15, 0.2) is 48.8 Å². The Balaban J connectivity index is 1.52. The minimum atomic E-state index is -0.136. The number of hydrogen-bond acceptors (Lipinski definition) is 5. The molecular formula is C19H23N3O3. The number of aliphatic hydroxyl groups excluding tert-OH is 1. The van der Waals surface area contributed by atoms with Crippen LogP contribution in [-0.2, 0) is 22.7 Å². The van der Waals surface area contributed by atoms with E-state index in [0.29, 0.717) is 17.9 Å². The second kappa shape index (κ2) is 8.71. The molecule has 6 heteroatoms. The van der Waals surface area contributed by atoms with Crippen LogP contribution in [0.5, 0.6) is 0 Å². The number of ether oxygens (including phenoxy) is 1. The topological polar surface area (TPSA) is 74.7 Å². The van der Waals surface area contributed by atoms with E-state index in [1.54, 1.807) is 18.5 Å². The number of benzene rings is 1. The summed E-state index contributed by atoms with van der Waals surface area (Å²) in [6, 6.07) is 12.0. The van der Waals surface area contributed by atoms with Crippen LogP contribution in [0.25, 0.3) is 0 Å². The molecule has 0 bridgehead atoms. The number of hydrogen-bond donors (Lipinski definition) is 2. The lowest BCUT2D eigenvalue weighted by molar-refractivity contribution is -0.121. The summed E-state index contributed by atoms with van der Waals surface area (Å²) in [5.41, 5.74) is 2.46. The average Bonchev–Trinajstić information content (AvgIpc) is 2.63. The Kier molecular flexibility index (Phi) is 6.11. The van der Waals surface area contributed by atoms with Crippen LogP contribution in [-0.4, -0.2) is 46.7 Å². The molecule has 6 nitrogen and oxygen atoms in total. The Labute approximate surface area is 147 Å². The highest BCUT2D eigenvalue weighted by atomic mass is 16.5. The Morgan fingerprint density at radius 3 is 2.96 bits per heavy atom. The molecule has 0 unspecified atom stereocenters. The van der Waals surface area contributed by atoms with Crippen molar-refractivity contribution < 1.29 is 14.6 Å². The average molecular weight is 341 g/mol. The van der Waals surface area contributed by atoms with Gasteiger partial charge in [-0.05, 0) is 11.6 Å². The van der Waals surface area contributed by atoms with Crippen LogP contribution < -0.4 is 5.32 Å². The van der Waals surface area contributed by atoms with Crippen molar-refractivity contribution in [2.75, 3.05) is 25.0 Å². The molecule has 0 radical (unpaired) electrons. The molecule has 1 aliphatic rings. The largest absolute Gasteiger partial charge is 0.392 e. The summed E-state index contributed by atoms with van der Waals surface area (Å²) in [7, 11) is 0. The van der Waals surface area contributed by atoms with Gasteiger partial charge < -0.3 is 15.2 Å². The lowest BCUT2D eigenvalue weighted by Gasteiger charge is -2.32. The molecule has 1 aromatic heterocycles. The van der Waals surface area contributed by atoms with Crippen molar-refractivity contribution in [2.45, 2.75) is 25.7 Å². The molecule has 3 rings (SSSR count). The molecule has 1 aliphatic heterocycles. The molecule has 2 N–H and O–H groups in total. The van der Waals surface area contributed by atoms with Crippen LogP contribution in [0.4, 0.5) is 5.69 Å². The third kappa shape index (κ3) is 5.09. The molecule has 0 saturated carbocycles. The summed E-state index contributed by atoms with van der Waals surface area (Å²) < 4.78 is 5.74. The monoisotopic (exact) mass is 341 g/mol. The normalized spacial score (nSPS) is 18.0. The van der Waals surface area contributed by atoms with Gasteiger partial charge in [0.1, 0.15) is 0 Å². The van der Waals surface area contributed by atoms with E-state index in [4.69, 9.17) is 4.74 Å². The van der Waals surface area contributed by atoms with Crippen LogP contribution >= 0.6 is 0 Å². The number of amides is 1. The van der Waals surface area contributed by atoms with Gasteiger partial charge in [-0.15, -0.1) is 0 Å². The molecule has 1 fully saturated rings. The summed E-state index contributed by atoms with van der Waals surface area (Å²) in [6.45, 7) is 2.94. The zero-order valence-electron chi connectivity index (χ0n) is 14.1. The second-order valence-electron chi connectivity index (χ2n) is 6.16. The lowest BCUT2D eigenvalue weighted by atomic mass is 10.1. The fourth-order valence-electron chi connectivity index (χ4n) is 2.97. The first kappa shape index (κ1) is 17.5. The van der Waals surface area contributed by atoms with Crippen LogP contribution in [0, 0.1) is 0 Å². The van der Waals surface area contributed by atoms with Crippen LogP contribution in [0.2, 0.25) is 0 Å². The molecule has 25 heavy (non-hydrogen) atoms. The highest BCUT2D eigenvalue weighted by Gasteiger charge is 2.23. The predicted molar refractivity (Wildman–Crippen MR) is 94.9 cm³/mol. The van der Waals surface area contributed by atoms with Gasteiger partial charge in [0.2, 0.25) is 5.91 Å². The van der Waals surface area contributed by atoms with E-state index in [1.165, 1.54) is 5.56 Å². The highest BCUT2D eigenvalue weighted by molar-refractivity contribution is 5.91. The SMILES string of the molecule is O=C(C[C@@H]1CN(Cc2ccccc2)CCO1)Nc1cnccc1CO. The zero-order valence-corrected chi connectivity index (χ0v) is 14.1. The van der Waals surface area contributed by atoms with Gasteiger partial charge in [-0.25, -0.2) is 0 Å². The second-order valence-corrected chi connectivity index (χ2v) is 6.16. The van der Waals surface area contributed by atoms with Gasteiger partial charge in [-0.2, -0.15) is 0 Å². The number of carbonyl (C=O) groups is 1. The minimum absolute atomic E-state index is 0.130. The number of nitrogens with one attached hydrogen (secondary N) is 1. The number of aliphatic hydroxyl groups is 1. The molecule has 132 valence electrons. The lowest BCUT2D eigenvalue weighted by Crippen LogP contribution is -2.43. The van der Waals surface area contributed by atoms with Crippen molar-refractivity contribution >= 4 is 11.6 Å². The van der Waals surface area contributed by atoms with E-state index in [9.17, 15) is 9.90 Å². The van der Waals surface area contributed by atoms with Gasteiger partial charge in [0.05, 0.1) is 37.6 Å². The van der Waals surface area contributed by atoms with Gasteiger partial charge in [0, 0.05) is 31.4 Å². The third-order valence-electron chi connectivity index (χ3n) is 4.24. The van der Waals surface area contributed by atoms with E-state index >= 15 is 0 Å². The van der Waals surface area contributed by atoms with E-state index in [0.717, 1.165) is 19.6 Å². The summed E-state index contributed by atoms with van der Waals surface area (Å²) in [5.74, 6) is -0.130. The summed E-state index contributed by atoms with van der Waals surface area (Å²) in [6.07, 6.45) is 3.29. The quantitative estimate of drug-likeness (QED) is 0.838. The molecule has 0 spiro atoms. The molecule has 2 aromatic rings. The minimum Gasteiger partial charge on any atom is -0.392 e. The van der Waals surface area contributed by atoms with Gasteiger partial charge in [-0.1, -0.05) is 30.3 Å². The van der Waals surface area contributed by atoms with Crippen LogP contribution in [0.1, 0.15) is 17.5 Å². The number of nitrogens with zero attached hydrogens (tertiary/aromatic N) is 2. The van der Waals surface area contributed by atoms with Gasteiger partial charge in [0.25, 0.3) is 0 Å². The van der Waals surface area contributed by atoms with Gasteiger partial charge in [0.15, 0.2) is 0 Å². The standard InChI is InChI=1S/C19H23N3O3/c23-14-16-6-7-20-11-18(16)21-19(24)10-17-13-22(8-9-25-17)12-15-4-2-1-3-5-15/h1-7,11,17,23H,8-10,12-14H2,(H,21,24)/t17-/m1/s1. The number of aromatic nitrogens is 1. The van der Waals surface area contributed by atoms with E-state index < -0.39 is 0 Å². The zero-order chi connectivity index (χ0) is 17.5. The Morgan fingerprint density at radius 1 is 1.32 bits per heavy atom. The first-order valence-electron chi connectivity index (χ1n) is 8.46. The smallest absolute Gasteiger partial charge is 0.227 e. The van der Waals surface area contributed by atoms with E-state index in [2.05, 4.69) is 27.3 Å². The highest BCUT2D eigenvalue weighted by Crippen LogP contribution is 2.16. The number of morpholine rings is 1. The Bertz CT molecular complexity index is 693. The molecule has 1 saturated heterocycles. The van der Waals surface area contributed by atoms with Crippen molar-refractivity contribution in [3.63, 3.8) is 0 Å². The number of anilines is 1. The number of rotatable bonds is 6.